The van der Waals surface area contributed by atoms with Gasteiger partial charge in [-0.3, -0.25) is 0 Å². The largest absolute Gasteiger partial charge is 0.439 e. The van der Waals surface area contributed by atoms with Crippen LogP contribution in [0.15, 0.2) is 22.6 Å². The number of fused-ring (bicyclic) bond motifs is 1. The first-order valence-corrected chi connectivity index (χ1v) is 6.62. The predicted molar refractivity (Wildman–Crippen MR) is 69.1 cm³/mol. The van der Waals surface area contributed by atoms with Crippen molar-refractivity contribution in [1.82, 2.24) is 10.3 Å². The fraction of sp³-hybridized carbons (Fsp3) is 0.500. The normalized spacial score (nSPS) is 18.2. The first kappa shape index (κ1) is 12.6. The summed E-state index contributed by atoms with van der Waals surface area (Å²) in [6, 6.07) is 4.30. The standard InChI is InChI=1S/C14H17FN2O2/c15-10-3-4-12-11(7-10)17-13(19-12)8-16-14(9-18)5-1-2-6-14/h3-4,7,16,18H,1-2,5-6,8-9H2. The number of nitrogens with one attached hydrogen (secondary N) is 1. The average Bonchev–Trinajstić information content (AvgIpc) is 3.02. The lowest BCUT2D eigenvalue weighted by Crippen LogP contribution is -2.45. The lowest BCUT2D eigenvalue weighted by molar-refractivity contribution is 0.160. The van der Waals surface area contributed by atoms with Gasteiger partial charge in [0, 0.05) is 11.6 Å². The van der Waals surface area contributed by atoms with Gasteiger partial charge in [0.1, 0.15) is 11.3 Å². The van der Waals surface area contributed by atoms with Gasteiger partial charge in [-0.15, -0.1) is 0 Å². The number of nitrogens with zero attached hydrogens (tertiary/aromatic N) is 1. The number of hydrogen-bond acceptors (Lipinski definition) is 4. The molecule has 19 heavy (non-hydrogen) atoms. The Labute approximate surface area is 110 Å². The second kappa shape index (κ2) is 4.90. The zero-order valence-electron chi connectivity index (χ0n) is 10.7. The number of aromatic nitrogens is 1. The second-order valence-electron chi connectivity index (χ2n) is 5.22. The number of hydrogen-bond donors (Lipinski definition) is 2. The van der Waals surface area contributed by atoms with E-state index in [1.165, 1.54) is 12.1 Å². The summed E-state index contributed by atoms with van der Waals surface area (Å²) in [6.07, 6.45) is 4.20. The van der Waals surface area contributed by atoms with Crippen molar-refractivity contribution < 1.29 is 13.9 Å². The number of benzene rings is 1. The summed E-state index contributed by atoms with van der Waals surface area (Å²) in [5.41, 5.74) is 0.912. The van der Waals surface area contributed by atoms with Crippen molar-refractivity contribution in [3.8, 4) is 0 Å². The summed E-state index contributed by atoms with van der Waals surface area (Å²) in [4.78, 5) is 4.25. The smallest absolute Gasteiger partial charge is 0.209 e. The Kier molecular flexibility index (Phi) is 3.24. The van der Waals surface area contributed by atoms with Crippen LogP contribution in [0.1, 0.15) is 31.6 Å². The van der Waals surface area contributed by atoms with Crippen molar-refractivity contribution in [3.05, 3.63) is 29.9 Å². The van der Waals surface area contributed by atoms with E-state index in [0.29, 0.717) is 23.5 Å². The molecule has 0 saturated heterocycles. The average molecular weight is 264 g/mol. The van der Waals surface area contributed by atoms with Crippen LogP contribution >= 0.6 is 0 Å². The maximum Gasteiger partial charge on any atom is 0.209 e. The van der Waals surface area contributed by atoms with Crippen LogP contribution in [-0.2, 0) is 6.54 Å². The molecule has 0 amide bonds. The molecule has 1 fully saturated rings. The summed E-state index contributed by atoms with van der Waals surface area (Å²) >= 11 is 0. The van der Waals surface area contributed by atoms with Gasteiger partial charge in [0.05, 0.1) is 13.2 Å². The summed E-state index contributed by atoms with van der Waals surface area (Å²) in [7, 11) is 0. The zero-order valence-corrected chi connectivity index (χ0v) is 10.7. The monoisotopic (exact) mass is 264 g/mol. The Balaban J connectivity index is 1.74. The molecule has 0 spiro atoms. The van der Waals surface area contributed by atoms with E-state index < -0.39 is 0 Å². The third kappa shape index (κ3) is 2.48. The summed E-state index contributed by atoms with van der Waals surface area (Å²) in [5.74, 6) is 0.211. The highest BCUT2D eigenvalue weighted by atomic mass is 19.1. The van der Waals surface area contributed by atoms with E-state index in [4.69, 9.17) is 4.42 Å². The Morgan fingerprint density at radius 3 is 2.89 bits per heavy atom. The van der Waals surface area contributed by atoms with E-state index in [1.807, 2.05) is 0 Å². The Bertz CT molecular complexity index is 576. The first-order valence-electron chi connectivity index (χ1n) is 6.62. The molecule has 1 aliphatic carbocycles. The van der Waals surface area contributed by atoms with Gasteiger partial charge in [-0.2, -0.15) is 0 Å². The van der Waals surface area contributed by atoms with Crippen LogP contribution in [0.2, 0.25) is 0 Å². The topological polar surface area (TPSA) is 58.3 Å². The maximum atomic E-state index is 13.1. The van der Waals surface area contributed by atoms with E-state index in [1.54, 1.807) is 6.07 Å². The molecule has 102 valence electrons. The minimum absolute atomic E-state index is 0.127. The molecule has 4 nitrogen and oxygen atoms in total. The molecule has 5 heteroatoms. The third-order valence-corrected chi connectivity index (χ3v) is 3.87. The van der Waals surface area contributed by atoms with E-state index >= 15 is 0 Å². The first-order chi connectivity index (χ1) is 9.21. The lowest BCUT2D eigenvalue weighted by Gasteiger charge is -2.27. The second-order valence-corrected chi connectivity index (χ2v) is 5.22. The van der Waals surface area contributed by atoms with Gasteiger partial charge >= 0.3 is 0 Å². The molecule has 0 unspecified atom stereocenters. The molecule has 1 aliphatic rings. The van der Waals surface area contributed by atoms with Crippen LogP contribution < -0.4 is 5.32 Å². The number of oxazole rings is 1. The summed E-state index contributed by atoms with van der Waals surface area (Å²) in [6.45, 7) is 0.582. The van der Waals surface area contributed by atoms with Crippen molar-refractivity contribution >= 4 is 11.1 Å². The molecule has 3 rings (SSSR count). The van der Waals surface area contributed by atoms with Crippen molar-refractivity contribution in [3.63, 3.8) is 0 Å². The fourth-order valence-electron chi connectivity index (χ4n) is 2.73. The molecule has 2 N–H and O–H groups in total. The zero-order chi connectivity index (χ0) is 13.3. The minimum Gasteiger partial charge on any atom is -0.439 e. The quantitative estimate of drug-likeness (QED) is 0.890. The molecule has 0 aliphatic heterocycles. The molecule has 2 aromatic rings. The van der Waals surface area contributed by atoms with E-state index in [-0.39, 0.29) is 18.0 Å². The van der Waals surface area contributed by atoms with Gasteiger partial charge in [-0.05, 0) is 25.0 Å². The Morgan fingerprint density at radius 2 is 2.16 bits per heavy atom. The van der Waals surface area contributed by atoms with Crippen molar-refractivity contribution in [2.45, 2.75) is 37.8 Å². The predicted octanol–water partition coefficient (Wildman–Crippen LogP) is 2.36. The number of aliphatic hydroxyl groups is 1. The van der Waals surface area contributed by atoms with Gasteiger partial charge in [-0.1, -0.05) is 12.8 Å². The molecule has 0 bridgehead atoms. The number of rotatable bonds is 4. The highest BCUT2D eigenvalue weighted by Gasteiger charge is 2.32. The molecule has 1 saturated carbocycles. The Morgan fingerprint density at radius 1 is 1.37 bits per heavy atom. The van der Waals surface area contributed by atoms with Crippen LogP contribution in [-0.4, -0.2) is 22.2 Å². The van der Waals surface area contributed by atoms with Crippen molar-refractivity contribution in [2.75, 3.05) is 6.61 Å². The molecule has 0 atom stereocenters. The molecule has 0 radical (unpaired) electrons. The van der Waals surface area contributed by atoms with Crippen LogP contribution in [0.4, 0.5) is 4.39 Å². The fourth-order valence-corrected chi connectivity index (χ4v) is 2.73. The highest BCUT2D eigenvalue weighted by Crippen LogP contribution is 2.29. The van der Waals surface area contributed by atoms with E-state index in [2.05, 4.69) is 10.3 Å². The van der Waals surface area contributed by atoms with Crippen LogP contribution in [0.5, 0.6) is 0 Å². The van der Waals surface area contributed by atoms with E-state index in [0.717, 1.165) is 25.7 Å². The third-order valence-electron chi connectivity index (χ3n) is 3.87. The molecular weight excluding hydrogens is 247 g/mol. The van der Waals surface area contributed by atoms with Gasteiger partial charge in [0.25, 0.3) is 0 Å². The molecular formula is C14H17FN2O2. The number of aliphatic hydroxyl groups excluding tert-OH is 1. The molecule has 1 aromatic carbocycles. The van der Waals surface area contributed by atoms with Crippen LogP contribution in [0.3, 0.4) is 0 Å². The van der Waals surface area contributed by atoms with Gasteiger partial charge in [0.15, 0.2) is 5.58 Å². The molecule has 1 aromatic heterocycles. The van der Waals surface area contributed by atoms with Crippen molar-refractivity contribution in [2.24, 2.45) is 0 Å². The molecule has 1 heterocycles. The van der Waals surface area contributed by atoms with Crippen LogP contribution in [0, 0.1) is 5.82 Å². The van der Waals surface area contributed by atoms with Crippen molar-refractivity contribution in [1.29, 1.82) is 0 Å². The summed E-state index contributed by atoms with van der Waals surface area (Å²) in [5, 5.41) is 12.8. The highest BCUT2D eigenvalue weighted by molar-refractivity contribution is 5.72. The van der Waals surface area contributed by atoms with Gasteiger partial charge in [-0.25, -0.2) is 9.37 Å². The maximum absolute atomic E-state index is 13.1. The minimum atomic E-state index is -0.317. The van der Waals surface area contributed by atoms with Gasteiger partial charge in [0.2, 0.25) is 5.89 Å². The van der Waals surface area contributed by atoms with Crippen LogP contribution in [0.25, 0.3) is 11.1 Å². The van der Waals surface area contributed by atoms with Gasteiger partial charge < -0.3 is 14.8 Å². The number of halogens is 1. The SMILES string of the molecule is OCC1(NCc2nc3cc(F)ccc3o2)CCCC1. The van der Waals surface area contributed by atoms with E-state index in [9.17, 15) is 9.50 Å². The lowest BCUT2D eigenvalue weighted by atomic mass is 9.99. The summed E-state index contributed by atoms with van der Waals surface area (Å²) < 4.78 is 18.6. The Hall–Kier alpha value is -1.46.